The average Bonchev–Trinajstić information content (AvgIpc) is 3.68. The van der Waals surface area contributed by atoms with Crippen LogP contribution in [0.1, 0.15) is 137 Å². The van der Waals surface area contributed by atoms with Crippen LogP contribution in [0.25, 0.3) is 0 Å². The fourth-order valence-corrected chi connectivity index (χ4v) is 9.83. The van der Waals surface area contributed by atoms with E-state index in [0.29, 0.717) is 38.5 Å². The molecule has 23 nitrogen and oxygen atoms in total. The number of rotatable bonds is 12. The van der Waals surface area contributed by atoms with Crippen molar-refractivity contribution in [1.82, 2.24) is 16.0 Å². The van der Waals surface area contributed by atoms with Gasteiger partial charge in [0.25, 0.3) is 0 Å². The first kappa shape index (κ1) is 79.2. The Balaban J connectivity index is 0.00000105. The van der Waals surface area contributed by atoms with Crippen molar-refractivity contribution in [2.24, 2.45) is 41.4 Å². The molecule has 4 N–H and O–H groups in total. The van der Waals surface area contributed by atoms with E-state index in [-0.39, 0.29) is 100 Å². The SMILES string of the molecule is COC(=O)[C@@H]1CCCCC1NC(=O)OC(C)(C)C.COC(=O)[C@H]1CC=CCC1NC(=O)OCc1ccccc1.COC(=O)[C@H]1CC=CC[C@H]1C(=O)O.COC(=O)[C@H]1CC=CC[C@H]1C(=O)OC.COC(=O)[C@H]1CCCCC1NC(=O)OC(C)(C)C.[CH3-].[Pd]. The second-order valence-electron chi connectivity index (χ2n) is 22.4. The first-order valence-electron chi connectivity index (χ1n) is 28.3. The molecule has 1 aromatic rings. The number of nitrogens with one attached hydrogen (secondary N) is 3. The Hall–Kier alpha value is -6.80. The second-order valence-corrected chi connectivity index (χ2v) is 22.4. The van der Waals surface area contributed by atoms with Crippen LogP contribution in [0, 0.1) is 48.9 Å². The van der Waals surface area contributed by atoms with E-state index in [9.17, 15) is 47.9 Å². The Labute approximate surface area is 521 Å². The van der Waals surface area contributed by atoms with Gasteiger partial charge in [0.2, 0.25) is 0 Å². The zero-order chi connectivity index (χ0) is 63.0. The monoisotopic (exact) mass is 1310 g/mol. The number of hydrogen-bond donors (Lipinski definition) is 4. The van der Waals surface area contributed by atoms with Crippen LogP contribution >= 0.6 is 0 Å². The topological polar surface area (TPSA) is 310 Å². The fraction of sp³-hybridized carbons (Fsp3) is 0.629. The number of methoxy groups -OCH3 is 6. The molecule has 2 saturated carbocycles. The van der Waals surface area contributed by atoms with Crippen molar-refractivity contribution in [2.75, 3.05) is 42.7 Å². The van der Waals surface area contributed by atoms with Gasteiger partial charge in [0.05, 0.1) is 84.1 Å². The van der Waals surface area contributed by atoms with Crippen LogP contribution in [0.2, 0.25) is 0 Å². The van der Waals surface area contributed by atoms with Gasteiger partial charge in [-0.15, -0.1) is 0 Å². The molecular weight excluding hydrogens is 1210 g/mol. The van der Waals surface area contributed by atoms with Crippen LogP contribution in [-0.4, -0.2) is 137 Å². The molecule has 1 aromatic carbocycles. The Morgan fingerprint density at radius 3 is 1.08 bits per heavy atom. The quantitative estimate of drug-likeness (QED) is 0.0498. The number of carboxylic acids is 1. The minimum absolute atomic E-state index is 0. The van der Waals surface area contributed by atoms with Crippen molar-refractivity contribution in [3.8, 4) is 0 Å². The van der Waals surface area contributed by atoms with E-state index in [0.717, 1.165) is 56.9 Å². The van der Waals surface area contributed by atoms with E-state index in [4.69, 9.17) is 33.5 Å². The summed E-state index contributed by atoms with van der Waals surface area (Å²) < 4.78 is 43.7. The summed E-state index contributed by atoms with van der Waals surface area (Å²) in [7, 11) is 8.04. The van der Waals surface area contributed by atoms with Crippen molar-refractivity contribution < 1.29 is 116 Å². The number of esters is 6. The van der Waals surface area contributed by atoms with Crippen LogP contribution in [-0.2, 0) is 103 Å². The van der Waals surface area contributed by atoms with E-state index >= 15 is 0 Å². The van der Waals surface area contributed by atoms with Gasteiger partial charge in [-0.05, 0) is 111 Å². The maximum atomic E-state index is 11.8. The molecule has 6 rings (SSSR count). The molecule has 3 amide bonds. The molecule has 0 radical (unpaired) electrons. The predicted molar refractivity (Wildman–Crippen MR) is 312 cm³/mol. The van der Waals surface area contributed by atoms with Gasteiger partial charge in [0.1, 0.15) is 17.8 Å². The minimum atomic E-state index is -0.931. The Kier molecular flexibility index (Phi) is 38.1. The van der Waals surface area contributed by atoms with Crippen molar-refractivity contribution in [1.29, 1.82) is 0 Å². The van der Waals surface area contributed by atoms with E-state index in [1.165, 1.54) is 42.7 Å². The van der Waals surface area contributed by atoms with Gasteiger partial charge in [-0.1, -0.05) is 92.5 Å². The molecule has 5 aliphatic carbocycles. The van der Waals surface area contributed by atoms with Gasteiger partial charge >= 0.3 is 60.1 Å². The number of benzene rings is 1. The zero-order valence-corrected chi connectivity index (χ0v) is 53.8. The molecule has 24 heteroatoms. The number of carboxylic acid groups (broad SMARTS) is 1. The molecular formula is C62H94N3O20Pd-. The summed E-state index contributed by atoms with van der Waals surface area (Å²) in [6.45, 7) is 11.1. The average molecular weight is 1310 g/mol. The molecule has 86 heavy (non-hydrogen) atoms. The standard InChI is InChI=1S/C16H19NO4.2C13H23NO4.C10H14O4.C9H12O4.CH3.Pd/c1-20-15(18)13-9-5-6-10-14(13)17-16(19)21-11-12-7-3-2-4-8-12;2*1-13(2,3)18-12(16)14-10-8-6-5-7-9(10)11(15)17-4;1-13-9(11)7-5-3-4-6-8(7)10(12)14-2;1-13-9(12)7-5-3-2-4-6(7)8(10)11;;/h2-8,13-14H,9-11H2,1H3,(H,17,19);2*9-10H,5-8H2,1-4H3,(H,14,16);3-4,7-8H,5-6H2,1-2H3;2-3,6-7H,4-5H2,1H3,(H,10,11);1H3;/q;;;;;-1;/t13-,14?;2*9-,10?;7-,8+;6-,7+;;/m010.1../s1. The van der Waals surface area contributed by atoms with Crippen LogP contribution < -0.4 is 16.0 Å². The summed E-state index contributed by atoms with van der Waals surface area (Å²) in [6, 6.07) is 8.79. The molecule has 0 saturated heterocycles. The molecule has 0 bridgehead atoms. The van der Waals surface area contributed by atoms with Gasteiger partial charge in [-0.25, -0.2) is 14.4 Å². The summed E-state index contributed by atoms with van der Waals surface area (Å²) in [5, 5.41) is 17.1. The molecule has 0 spiro atoms. The maximum Gasteiger partial charge on any atom is 0.407 e. The third-order valence-corrected chi connectivity index (χ3v) is 14.1. The number of aliphatic carboxylic acids is 1. The van der Waals surface area contributed by atoms with Crippen LogP contribution in [0.3, 0.4) is 0 Å². The van der Waals surface area contributed by atoms with E-state index in [2.05, 4.69) is 30.2 Å². The van der Waals surface area contributed by atoms with Crippen molar-refractivity contribution in [3.63, 3.8) is 0 Å². The molecule has 3 unspecified atom stereocenters. The zero-order valence-electron chi connectivity index (χ0n) is 52.3. The Morgan fingerprint density at radius 1 is 0.419 bits per heavy atom. The fourth-order valence-electron chi connectivity index (χ4n) is 9.83. The molecule has 0 heterocycles. The second kappa shape index (κ2) is 41.3. The van der Waals surface area contributed by atoms with Gasteiger partial charge in [0.15, 0.2) is 0 Å². The van der Waals surface area contributed by atoms with E-state index < -0.39 is 65.1 Å². The molecule has 488 valence electrons. The van der Waals surface area contributed by atoms with Crippen molar-refractivity contribution in [2.45, 2.75) is 167 Å². The maximum absolute atomic E-state index is 11.8. The smallest absolute Gasteiger partial charge is 0.407 e. The molecule has 0 aromatic heterocycles. The van der Waals surface area contributed by atoms with Gasteiger partial charge < -0.3 is 71.1 Å². The molecule has 10 atom stereocenters. The first-order chi connectivity index (χ1) is 39.7. The normalized spacial score (nSPS) is 23.4. The number of ether oxygens (including phenoxy) is 9. The Bertz CT molecular complexity index is 2300. The summed E-state index contributed by atoms with van der Waals surface area (Å²) in [4.78, 5) is 115. The minimum Gasteiger partial charge on any atom is -0.481 e. The number of alkyl carbamates (subject to hydrolysis) is 3. The van der Waals surface area contributed by atoms with Gasteiger partial charge in [-0.3, -0.25) is 33.6 Å². The number of carbonyl (C=O) groups excluding carboxylic acids is 9. The van der Waals surface area contributed by atoms with Gasteiger partial charge in [-0.2, -0.15) is 0 Å². The Morgan fingerprint density at radius 2 is 0.721 bits per heavy atom. The third-order valence-electron chi connectivity index (χ3n) is 14.1. The summed E-state index contributed by atoms with van der Waals surface area (Å²) in [6.07, 6.45) is 20.0. The predicted octanol–water partition coefficient (Wildman–Crippen LogP) is 9.10. The molecule has 5 aliphatic rings. The van der Waals surface area contributed by atoms with Gasteiger partial charge in [0, 0.05) is 38.5 Å². The summed E-state index contributed by atoms with van der Waals surface area (Å²) in [5.41, 5.74) is -0.139. The van der Waals surface area contributed by atoms with Crippen molar-refractivity contribution in [3.05, 3.63) is 79.8 Å². The summed E-state index contributed by atoms with van der Waals surface area (Å²) >= 11 is 0. The molecule has 0 aliphatic heterocycles. The number of amides is 3. The first-order valence-corrected chi connectivity index (χ1v) is 28.3. The summed E-state index contributed by atoms with van der Waals surface area (Å²) in [5.74, 6) is -5.66. The largest absolute Gasteiger partial charge is 0.481 e. The van der Waals surface area contributed by atoms with E-state index in [1.54, 1.807) is 6.08 Å². The van der Waals surface area contributed by atoms with E-state index in [1.807, 2.05) is 102 Å². The molecule has 2 fully saturated rings. The van der Waals surface area contributed by atoms with Crippen LogP contribution in [0.4, 0.5) is 14.4 Å². The number of carbonyl (C=O) groups is 10. The number of hydrogen-bond acceptors (Lipinski definition) is 19. The van der Waals surface area contributed by atoms with Crippen molar-refractivity contribution >= 4 is 60.1 Å². The third kappa shape index (κ3) is 29.5. The van der Waals surface area contributed by atoms with Crippen LogP contribution in [0.5, 0.6) is 0 Å². The number of allylic oxidation sites excluding steroid dienone is 5. The van der Waals surface area contributed by atoms with Crippen LogP contribution in [0.15, 0.2) is 66.8 Å².